The van der Waals surface area contributed by atoms with Gasteiger partial charge in [0.25, 0.3) is 11.7 Å². The molecule has 1 atom stereocenters. The Bertz CT molecular complexity index is 1230. The number of benzene rings is 2. The monoisotopic (exact) mass is 499 g/mol. The number of likely N-dealkylation sites (tertiary alicyclic amines) is 1. The van der Waals surface area contributed by atoms with E-state index in [-0.39, 0.29) is 17.9 Å². The highest BCUT2D eigenvalue weighted by Gasteiger charge is 2.46. The predicted molar refractivity (Wildman–Crippen MR) is 130 cm³/mol. The first-order chi connectivity index (χ1) is 16.4. The smallest absolute Gasteiger partial charge is 0.295 e. The quantitative estimate of drug-likeness (QED) is 0.278. The van der Waals surface area contributed by atoms with E-state index < -0.39 is 17.7 Å². The number of ether oxygens (including phenoxy) is 3. The van der Waals surface area contributed by atoms with Crippen LogP contribution >= 0.6 is 22.9 Å². The van der Waals surface area contributed by atoms with Crippen molar-refractivity contribution in [3.63, 3.8) is 0 Å². The van der Waals surface area contributed by atoms with Crippen molar-refractivity contribution in [2.45, 2.75) is 12.6 Å². The summed E-state index contributed by atoms with van der Waals surface area (Å²) in [6, 6.07) is 12.6. The second-order valence-electron chi connectivity index (χ2n) is 7.47. The third kappa shape index (κ3) is 4.22. The van der Waals surface area contributed by atoms with Crippen LogP contribution in [0.3, 0.4) is 0 Å². The molecule has 0 saturated carbocycles. The predicted octanol–water partition coefficient (Wildman–Crippen LogP) is 5.05. The molecule has 1 aromatic heterocycles. The van der Waals surface area contributed by atoms with Crippen LogP contribution in [-0.4, -0.2) is 43.0 Å². The fourth-order valence-corrected chi connectivity index (χ4v) is 4.81. The lowest BCUT2D eigenvalue weighted by atomic mass is 9.94. The van der Waals surface area contributed by atoms with Gasteiger partial charge in [-0.2, -0.15) is 0 Å². The van der Waals surface area contributed by atoms with Crippen molar-refractivity contribution in [3.05, 3.63) is 80.5 Å². The van der Waals surface area contributed by atoms with Gasteiger partial charge in [-0.05, 0) is 53.4 Å². The van der Waals surface area contributed by atoms with E-state index in [1.54, 1.807) is 36.4 Å². The summed E-state index contributed by atoms with van der Waals surface area (Å²) >= 11 is 7.46. The van der Waals surface area contributed by atoms with Gasteiger partial charge < -0.3 is 24.2 Å². The molecule has 1 unspecified atom stereocenters. The minimum absolute atomic E-state index is 0.0295. The fraction of sp³-hybridized carbons (Fsp3) is 0.200. The fourth-order valence-electron chi connectivity index (χ4n) is 3.98. The maximum Gasteiger partial charge on any atom is 0.295 e. The number of hydrogen-bond donors (Lipinski definition) is 1. The SMILES string of the molecule is COc1cc(C2/C(=C(\O)c3ccc(Cl)cc3)C(=O)C(=O)N2Cc2cccs2)cc(OC)c1OC. The molecule has 176 valence electrons. The lowest BCUT2D eigenvalue weighted by Crippen LogP contribution is -2.29. The number of Topliss-reactive ketones (excluding diaryl/α,β-unsaturated/α-hetero) is 1. The van der Waals surface area contributed by atoms with Gasteiger partial charge in [0.1, 0.15) is 5.76 Å². The van der Waals surface area contributed by atoms with Crippen LogP contribution < -0.4 is 14.2 Å². The number of nitrogens with zero attached hydrogens (tertiary/aromatic N) is 1. The van der Waals surface area contributed by atoms with Crippen LogP contribution in [0, 0.1) is 0 Å². The number of hydrogen-bond acceptors (Lipinski definition) is 7. The molecule has 4 rings (SSSR count). The molecule has 0 spiro atoms. The van der Waals surface area contributed by atoms with Gasteiger partial charge in [-0.3, -0.25) is 9.59 Å². The Morgan fingerprint density at radius 3 is 2.21 bits per heavy atom. The summed E-state index contributed by atoms with van der Waals surface area (Å²) in [5, 5.41) is 13.6. The zero-order chi connectivity index (χ0) is 24.4. The van der Waals surface area contributed by atoms with Crippen LogP contribution in [0.4, 0.5) is 0 Å². The third-order valence-corrected chi connectivity index (χ3v) is 6.68. The Morgan fingerprint density at radius 1 is 1.03 bits per heavy atom. The number of amides is 1. The number of carbonyl (C=O) groups is 2. The highest BCUT2D eigenvalue weighted by molar-refractivity contribution is 7.09. The molecule has 2 heterocycles. The van der Waals surface area contributed by atoms with Crippen LogP contribution in [0.5, 0.6) is 17.2 Å². The Balaban J connectivity index is 1.94. The summed E-state index contributed by atoms with van der Waals surface area (Å²) < 4.78 is 16.4. The Kier molecular flexibility index (Phi) is 6.81. The second kappa shape index (κ2) is 9.79. The number of aliphatic hydroxyl groups is 1. The maximum atomic E-state index is 13.2. The van der Waals surface area contributed by atoms with Gasteiger partial charge >= 0.3 is 0 Å². The van der Waals surface area contributed by atoms with Crippen LogP contribution in [0.1, 0.15) is 22.0 Å². The number of aliphatic hydroxyl groups excluding tert-OH is 1. The first-order valence-electron chi connectivity index (χ1n) is 10.3. The molecule has 2 aromatic carbocycles. The summed E-state index contributed by atoms with van der Waals surface area (Å²) in [7, 11) is 4.46. The van der Waals surface area contributed by atoms with Crippen molar-refractivity contribution in [1.29, 1.82) is 0 Å². The van der Waals surface area contributed by atoms with Crippen molar-refractivity contribution in [3.8, 4) is 17.2 Å². The topological polar surface area (TPSA) is 85.3 Å². The number of ketones is 1. The molecule has 0 bridgehead atoms. The minimum atomic E-state index is -0.883. The normalized spacial score (nSPS) is 17.2. The van der Waals surface area contributed by atoms with Crippen LogP contribution in [-0.2, 0) is 16.1 Å². The Morgan fingerprint density at radius 2 is 1.68 bits per heavy atom. The number of methoxy groups -OCH3 is 3. The third-order valence-electron chi connectivity index (χ3n) is 5.57. The summed E-state index contributed by atoms with van der Waals surface area (Å²) in [5.41, 5.74) is 0.870. The molecule has 1 saturated heterocycles. The Hall–Kier alpha value is -3.49. The van der Waals surface area contributed by atoms with E-state index >= 15 is 0 Å². The van der Waals surface area contributed by atoms with Gasteiger partial charge in [-0.25, -0.2) is 0 Å². The van der Waals surface area contributed by atoms with Crippen molar-refractivity contribution < 1.29 is 28.9 Å². The van der Waals surface area contributed by atoms with Crippen molar-refractivity contribution in [2.24, 2.45) is 0 Å². The first kappa shape index (κ1) is 23.7. The largest absolute Gasteiger partial charge is 0.507 e. The molecular weight excluding hydrogens is 478 g/mol. The molecule has 0 radical (unpaired) electrons. The lowest BCUT2D eigenvalue weighted by molar-refractivity contribution is -0.140. The Labute approximate surface area is 205 Å². The van der Waals surface area contributed by atoms with Gasteiger partial charge in [0.15, 0.2) is 11.5 Å². The maximum absolute atomic E-state index is 13.2. The molecule has 1 amide bonds. The molecule has 1 aliphatic heterocycles. The lowest BCUT2D eigenvalue weighted by Gasteiger charge is -2.26. The summed E-state index contributed by atoms with van der Waals surface area (Å²) in [5.74, 6) is -0.662. The summed E-state index contributed by atoms with van der Waals surface area (Å²) in [6.07, 6.45) is 0. The average Bonchev–Trinajstić information content (AvgIpc) is 3.45. The van der Waals surface area contributed by atoms with Gasteiger partial charge in [0.05, 0.1) is 39.5 Å². The number of rotatable bonds is 7. The van der Waals surface area contributed by atoms with Crippen molar-refractivity contribution >= 4 is 40.4 Å². The molecule has 9 heteroatoms. The zero-order valence-electron chi connectivity index (χ0n) is 18.7. The molecule has 7 nitrogen and oxygen atoms in total. The average molecular weight is 500 g/mol. The van der Waals surface area contributed by atoms with E-state index in [9.17, 15) is 14.7 Å². The molecule has 3 aromatic rings. The van der Waals surface area contributed by atoms with Crippen molar-refractivity contribution in [1.82, 2.24) is 4.90 Å². The molecule has 1 N–H and O–H groups in total. The summed E-state index contributed by atoms with van der Waals surface area (Å²) in [4.78, 5) is 28.7. The minimum Gasteiger partial charge on any atom is -0.507 e. The van der Waals surface area contributed by atoms with E-state index in [0.29, 0.717) is 33.4 Å². The van der Waals surface area contributed by atoms with Gasteiger partial charge in [0.2, 0.25) is 5.75 Å². The van der Waals surface area contributed by atoms with E-state index in [4.69, 9.17) is 25.8 Å². The first-order valence-corrected chi connectivity index (χ1v) is 11.5. The standard InChI is InChI=1S/C25H22ClNO6S/c1-31-18-11-15(12-19(32-2)24(18)33-3)21-20(22(28)14-6-8-16(26)9-7-14)23(29)25(30)27(21)13-17-5-4-10-34-17/h4-12,21,28H,13H2,1-3H3/b22-20+. The molecule has 1 fully saturated rings. The second-order valence-corrected chi connectivity index (χ2v) is 8.94. The van der Waals surface area contributed by atoms with Gasteiger partial charge in [0, 0.05) is 15.5 Å². The van der Waals surface area contributed by atoms with Crippen LogP contribution in [0.25, 0.3) is 5.76 Å². The van der Waals surface area contributed by atoms with Gasteiger partial charge in [-0.1, -0.05) is 17.7 Å². The highest BCUT2D eigenvalue weighted by Crippen LogP contribution is 2.46. The van der Waals surface area contributed by atoms with E-state index in [2.05, 4.69) is 0 Å². The molecule has 34 heavy (non-hydrogen) atoms. The van der Waals surface area contributed by atoms with Gasteiger partial charge in [-0.15, -0.1) is 11.3 Å². The number of thiophene rings is 1. The number of carbonyl (C=O) groups excluding carboxylic acids is 2. The van der Waals surface area contributed by atoms with E-state index in [0.717, 1.165) is 4.88 Å². The molecule has 1 aliphatic rings. The van der Waals surface area contributed by atoms with Crippen LogP contribution in [0.2, 0.25) is 5.02 Å². The van der Waals surface area contributed by atoms with E-state index in [1.807, 2.05) is 17.5 Å². The van der Waals surface area contributed by atoms with E-state index in [1.165, 1.54) is 37.6 Å². The number of halogens is 1. The highest BCUT2D eigenvalue weighted by atomic mass is 35.5. The van der Waals surface area contributed by atoms with Crippen molar-refractivity contribution in [2.75, 3.05) is 21.3 Å². The van der Waals surface area contributed by atoms with Crippen LogP contribution in [0.15, 0.2) is 59.5 Å². The molecular formula is C25H22ClNO6S. The summed E-state index contributed by atoms with van der Waals surface area (Å²) in [6.45, 7) is 0.195. The zero-order valence-corrected chi connectivity index (χ0v) is 20.3. The molecule has 0 aliphatic carbocycles.